The minimum atomic E-state index is -4.80. The molecule has 0 fully saturated rings. The first kappa shape index (κ1) is 22.2. The summed E-state index contributed by atoms with van der Waals surface area (Å²) in [5.41, 5.74) is 10.4. The standard InChI is InChI=1S/C22H21F3N6O2/c23-22(24,25)18(32)2-1-3-19(33)27-8-6-13-11-15-20(29-13)14-5-4-12(16-7-9-28-31-16)10-17(14)30-21(15)26/h2,4-5,7,9-11,29,32H,1,3,6,8H2,(H2,26,30)(H,27,33)(H,28,31). The number of nitrogen functional groups attached to an aromatic ring is 1. The summed E-state index contributed by atoms with van der Waals surface area (Å²) in [6.45, 7) is 0.288. The molecule has 1 aromatic carbocycles. The average molecular weight is 458 g/mol. The number of carbonyl (C=O) groups excluding carboxylic acids is 1. The lowest BCUT2D eigenvalue weighted by Crippen LogP contribution is -2.25. The van der Waals surface area contributed by atoms with Gasteiger partial charge in [-0.3, -0.25) is 9.89 Å². The molecule has 0 bridgehead atoms. The number of pyridine rings is 1. The Morgan fingerprint density at radius 2 is 2.03 bits per heavy atom. The monoisotopic (exact) mass is 458 g/mol. The van der Waals surface area contributed by atoms with E-state index < -0.39 is 17.8 Å². The smallest absolute Gasteiger partial charge is 0.448 e. The number of aliphatic hydroxyl groups excluding tert-OH is 1. The Balaban J connectivity index is 1.42. The van der Waals surface area contributed by atoms with Gasteiger partial charge >= 0.3 is 6.18 Å². The molecule has 0 aliphatic carbocycles. The van der Waals surface area contributed by atoms with Crippen LogP contribution in [0.3, 0.4) is 0 Å². The van der Waals surface area contributed by atoms with E-state index in [1.165, 1.54) is 0 Å². The zero-order chi connectivity index (χ0) is 23.6. The van der Waals surface area contributed by atoms with Crippen LogP contribution in [0.4, 0.5) is 19.0 Å². The van der Waals surface area contributed by atoms with Crippen molar-refractivity contribution in [3.63, 3.8) is 0 Å². The molecular formula is C22H21F3N6O2. The zero-order valence-electron chi connectivity index (χ0n) is 17.3. The maximum atomic E-state index is 12.2. The van der Waals surface area contributed by atoms with E-state index in [9.17, 15) is 18.0 Å². The van der Waals surface area contributed by atoms with Crippen molar-refractivity contribution in [1.82, 2.24) is 25.5 Å². The number of anilines is 1. The highest BCUT2D eigenvalue weighted by atomic mass is 19.4. The minimum absolute atomic E-state index is 0.160. The lowest BCUT2D eigenvalue weighted by Gasteiger charge is -2.05. The number of H-pyrrole nitrogens is 2. The van der Waals surface area contributed by atoms with E-state index in [0.717, 1.165) is 38.8 Å². The maximum absolute atomic E-state index is 12.2. The Hall–Kier alpha value is -4.02. The second kappa shape index (κ2) is 8.85. The molecule has 6 N–H and O–H groups in total. The van der Waals surface area contributed by atoms with Gasteiger partial charge < -0.3 is 21.1 Å². The molecule has 3 aromatic heterocycles. The van der Waals surface area contributed by atoms with E-state index in [1.807, 2.05) is 30.3 Å². The number of nitrogens with one attached hydrogen (secondary N) is 3. The lowest BCUT2D eigenvalue weighted by molar-refractivity contribution is -0.123. The summed E-state index contributed by atoms with van der Waals surface area (Å²) in [7, 11) is 0. The van der Waals surface area contributed by atoms with Gasteiger partial charge in [0.15, 0.2) is 5.76 Å². The summed E-state index contributed by atoms with van der Waals surface area (Å²) in [6.07, 6.45) is -2.43. The predicted molar refractivity (Wildman–Crippen MR) is 118 cm³/mol. The van der Waals surface area contributed by atoms with Crippen molar-refractivity contribution in [3.8, 4) is 11.3 Å². The number of hydrogen-bond acceptors (Lipinski definition) is 5. The molecule has 0 radical (unpaired) electrons. The van der Waals surface area contributed by atoms with Gasteiger partial charge in [0.05, 0.1) is 16.7 Å². The minimum Gasteiger partial charge on any atom is -0.504 e. The molecule has 3 heterocycles. The Labute approximate surface area is 185 Å². The number of nitrogens with zero attached hydrogens (tertiary/aromatic N) is 2. The Kier molecular flexibility index (Phi) is 5.95. The van der Waals surface area contributed by atoms with Crippen molar-refractivity contribution < 1.29 is 23.1 Å². The molecule has 0 atom stereocenters. The fourth-order valence-electron chi connectivity index (χ4n) is 3.55. The van der Waals surface area contributed by atoms with Crippen molar-refractivity contribution in [1.29, 1.82) is 0 Å². The summed E-state index contributed by atoms with van der Waals surface area (Å²) in [5, 5.41) is 20.0. The number of halogens is 3. The third-order valence-corrected chi connectivity index (χ3v) is 5.19. The number of fused-ring (bicyclic) bond motifs is 3. The SMILES string of the molecule is Nc1nc2cc(-c3ccn[nH]3)ccc2c2[nH]c(CCNC(=O)CCC=C(O)C(F)(F)F)cc12. The first-order chi connectivity index (χ1) is 15.7. The average Bonchev–Trinajstić information content (AvgIpc) is 3.43. The van der Waals surface area contributed by atoms with Gasteiger partial charge in [-0.2, -0.15) is 18.3 Å². The summed E-state index contributed by atoms with van der Waals surface area (Å²) in [5.74, 6) is -1.72. The van der Waals surface area contributed by atoms with E-state index in [1.54, 1.807) is 6.20 Å². The van der Waals surface area contributed by atoms with Gasteiger partial charge in [-0.05, 0) is 30.7 Å². The second-order valence-corrected chi connectivity index (χ2v) is 7.51. The number of aromatic nitrogens is 4. The van der Waals surface area contributed by atoms with Crippen LogP contribution in [0.5, 0.6) is 0 Å². The fraction of sp³-hybridized carbons (Fsp3) is 0.227. The van der Waals surface area contributed by atoms with Crippen LogP contribution in [0.1, 0.15) is 18.5 Å². The van der Waals surface area contributed by atoms with Crippen LogP contribution in [0, 0.1) is 0 Å². The number of amides is 1. The molecule has 172 valence electrons. The fourth-order valence-corrected chi connectivity index (χ4v) is 3.55. The number of allylic oxidation sites excluding steroid dienone is 2. The molecule has 0 aliphatic heterocycles. The molecule has 0 aliphatic rings. The number of benzene rings is 1. The van der Waals surface area contributed by atoms with Gasteiger partial charge in [0.25, 0.3) is 0 Å². The van der Waals surface area contributed by atoms with Crippen molar-refractivity contribution in [2.75, 3.05) is 12.3 Å². The Bertz CT molecular complexity index is 1330. The van der Waals surface area contributed by atoms with Crippen LogP contribution in [-0.4, -0.2) is 43.9 Å². The van der Waals surface area contributed by atoms with E-state index in [4.69, 9.17) is 10.8 Å². The number of hydrogen-bond donors (Lipinski definition) is 5. The van der Waals surface area contributed by atoms with Crippen molar-refractivity contribution in [3.05, 3.63) is 54.1 Å². The van der Waals surface area contributed by atoms with Gasteiger partial charge in [-0.25, -0.2) is 4.98 Å². The number of aliphatic hydroxyl groups is 1. The van der Waals surface area contributed by atoms with Gasteiger partial charge in [-0.15, -0.1) is 0 Å². The van der Waals surface area contributed by atoms with Crippen molar-refractivity contribution >= 4 is 33.5 Å². The van der Waals surface area contributed by atoms with Crippen LogP contribution in [0.2, 0.25) is 0 Å². The van der Waals surface area contributed by atoms with E-state index in [2.05, 4.69) is 25.5 Å². The topological polar surface area (TPSA) is 133 Å². The number of rotatable bonds is 7. The van der Waals surface area contributed by atoms with Crippen LogP contribution >= 0.6 is 0 Å². The van der Waals surface area contributed by atoms with E-state index >= 15 is 0 Å². The lowest BCUT2D eigenvalue weighted by atomic mass is 10.1. The molecule has 1 amide bonds. The van der Waals surface area contributed by atoms with E-state index in [-0.39, 0.29) is 19.4 Å². The van der Waals surface area contributed by atoms with Crippen LogP contribution in [0.15, 0.2) is 48.4 Å². The summed E-state index contributed by atoms with van der Waals surface area (Å²) >= 11 is 0. The molecule has 0 spiro atoms. The number of carbonyl (C=O) groups is 1. The second-order valence-electron chi connectivity index (χ2n) is 7.51. The van der Waals surface area contributed by atoms with Gasteiger partial charge in [0.1, 0.15) is 5.82 Å². The normalized spacial score (nSPS) is 12.5. The molecule has 0 unspecified atom stereocenters. The number of aromatic amines is 2. The Morgan fingerprint density at radius 3 is 2.76 bits per heavy atom. The van der Waals surface area contributed by atoms with Crippen LogP contribution in [0.25, 0.3) is 33.1 Å². The summed E-state index contributed by atoms with van der Waals surface area (Å²) in [6, 6.07) is 9.56. The predicted octanol–water partition coefficient (Wildman–Crippen LogP) is 4.13. The highest BCUT2D eigenvalue weighted by Crippen LogP contribution is 2.31. The maximum Gasteiger partial charge on any atom is 0.448 e. The highest BCUT2D eigenvalue weighted by molar-refractivity contribution is 6.08. The first-order valence-corrected chi connectivity index (χ1v) is 10.2. The Morgan fingerprint density at radius 1 is 1.21 bits per heavy atom. The zero-order valence-corrected chi connectivity index (χ0v) is 17.3. The van der Waals surface area contributed by atoms with E-state index in [0.29, 0.717) is 18.3 Å². The first-order valence-electron chi connectivity index (χ1n) is 10.2. The van der Waals surface area contributed by atoms with Gasteiger partial charge in [0.2, 0.25) is 5.91 Å². The molecule has 4 aromatic rings. The van der Waals surface area contributed by atoms with Crippen molar-refractivity contribution in [2.45, 2.75) is 25.4 Å². The third-order valence-electron chi connectivity index (χ3n) is 5.19. The number of nitrogens with two attached hydrogens (primary N) is 1. The van der Waals surface area contributed by atoms with Gasteiger partial charge in [0, 0.05) is 47.6 Å². The molecule has 33 heavy (non-hydrogen) atoms. The van der Waals surface area contributed by atoms with Gasteiger partial charge in [-0.1, -0.05) is 12.1 Å². The molecule has 11 heteroatoms. The van der Waals surface area contributed by atoms with Crippen molar-refractivity contribution in [2.24, 2.45) is 0 Å². The highest BCUT2D eigenvalue weighted by Gasteiger charge is 2.33. The summed E-state index contributed by atoms with van der Waals surface area (Å²) < 4.78 is 36.7. The molecule has 4 rings (SSSR count). The number of alkyl halides is 3. The molecule has 0 saturated heterocycles. The third kappa shape index (κ3) is 4.92. The quantitative estimate of drug-likeness (QED) is 0.266. The molecule has 8 nitrogen and oxygen atoms in total. The largest absolute Gasteiger partial charge is 0.504 e. The van der Waals surface area contributed by atoms with Crippen LogP contribution in [-0.2, 0) is 11.2 Å². The van der Waals surface area contributed by atoms with Crippen LogP contribution < -0.4 is 11.1 Å². The molecule has 0 saturated carbocycles. The summed E-state index contributed by atoms with van der Waals surface area (Å²) in [4.78, 5) is 19.7. The molecular weight excluding hydrogens is 437 g/mol.